The maximum atomic E-state index is 13.5. The van der Waals surface area contributed by atoms with Gasteiger partial charge in [0, 0.05) is 11.1 Å². The lowest BCUT2D eigenvalue weighted by Crippen LogP contribution is -1.85. The minimum Gasteiger partial charge on any atom is -0.205 e. The van der Waals surface area contributed by atoms with Crippen molar-refractivity contribution in [1.82, 2.24) is 0 Å². The predicted molar refractivity (Wildman–Crippen MR) is 113 cm³/mol. The maximum absolute atomic E-state index is 13.5. The summed E-state index contributed by atoms with van der Waals surface area (Å²) in [5.74, 6) is 5.67. The Balaban J connectivity index is 1.72. The molecule has 0 atom stereocenters. The van der Waals surface area contributed by atoms with Gasteiger partial charge in [-0.3, -0.25) is 0 Å². The Bertz CT molecular complexity index is 1210. The fourth-order valence-corrected chi connectivity index (χ4v) is 3.48. The molecule has 0 aliphatic heterocycles. The fraction of sp³-hybridized carbons (Fsp3) is 0.120. The second-order valence-electron chi connectivity index (χ2n) is 6.69. The van der Waals surface area contributed by atoms with E-state index in [9.17, 15) is 4.39 Å². The molecule has 4 aromatic carbocycles. The summed E-state index contributed by atoms with van der Waals surface area (Å²) in [6, 6.07) is 21.8. The fourth-order valence-electron chi connectivity index (χ4n) is 3.36. The SMILES string of the molecule is CCCc1ccc2c(ccc3cc(C#Cc4ccc(Cl)c(F)c4)ccc32)c1. The predicted octanol–water partition coefficient (Wildman–Crippen LogP) is 7.14. The smallest absolute Gasteiger partial charge is 0.143 e. The molecule has 0 heterocycles. The van der Waals surface area contributed by atoms with E-state index in [0.717, 1.165) is 23.8 Å². The van der Waals surface area contributed by atoms with Crippen molar-refractivity contribution in [1.29, 1.82) is 0 Å². The molecule has 0 aliphatic carbocycles. The van der Waals surface area contributed by atoms with Crippen molar-refractivity contribution in [3.63, 3.8) is 0 Å². The first-order valence-corrected chi connectivity index (χ1v) is 9.44. The minimum absolute atomic E-state index is 0.111. The van der Waals surface area contributed by atoms with Crippen LogP contribution in [-0.4, -0.2) is 0 Å². The highest BCUT2D eigenvalue weighted by Crippen LogP contribution is 2.27. The van der Waals surface area contributed by atoms with E-state index in [2.05, 4.69) is 61.2 Å². The van der Waals surface area contributed by atoms with Crippen LogP contribution in [0.5, 0.6) is 0 Å². The van der Waals surface area contributed by atoms with Gasteiger partial charge in [0.25, 0.3) is 0 Å². The van der Waals surface area contributed by atoms with Gasteiger partial charge < -0.3 is 0 Å². The van der Waals surface area contributed by atoms with Gasteiger partial charge in [-0.25, -0.2) is 4.39 Å². The third-order valence-corrected chi connectivity index (χ3v) is 5.02. The molecule has 0 spiro atoms. The molecule has 0 aromatic heterocycles. The lowest BCUT2D eigenvalue weighted by atomic mass is 9.97. The van der Waals surface area contributed by atoms with Crippen LogP contribution in [0.3, 0.4) is 0 Å². The van der Waals surface area contributed by atoms with Gasteiger partial charge in [-0.15, -0.1) is 0 Å². The van der Waals surface area contributed by atoms with Crippen molar-refractivity contribution in [2.24, 2.45) is 0 Å². The third kappa shape index (κ3) is 3.68. The second kappa shape index (κ2) is 7.43. The summed E-state index contributed by atoms with van der Waals surface area (Å²) in [5.41, 5.74) is 2.89. The van der Waals surface area contributed by atoms with E-state index in [-0.39, 0.29) is 5.02 Å². The normalized spacial score (nSPS) is 10.8. The largest absolute Gasteiger partial charge is 0.205 e. The Kier molecular flexibility index (Phi) is 4.84. The van der Waals surface area contributed by atoms with Crippen LogP contribution in [0.25, 0.3) is 21.5 Å². The Labute approximate surface area is 163 Å². The number of benzene rings is 4. The van der Waals surface area contributed by atoms with E-state index in [4.69, 9.17) is 11.6 Å². The zero-order valence-electron chi connectivity index (χ0n) is 15.0. The van der Waals surface area contributed by atoms with E-state index in [0.29, 0.717) is 5.56 Å². The monoisotopic (exact) mass is 372 g/mol. The van der Waals surface area contributed by atoms with Crippen LogP contribution >= 0.6 is 11.6 Å². The van der Waals surface area contributed by atoms with E-state index in [1.54, 1.807) is 6.07 Å². The number of fused-ring (bicyclic) bond motifs is 3. The zero-order valence-corrected chi connectivity index (χ0v) is 15.8. The van der Waals surface area contributed by atoms with Crippen LogP contribution in [0.4, 0.5) is 4.39 Å². The summed E-state index contributed by atoms with van der Waals surface area (Å²) >= 11 is 5.71. The highest BCUT2D eigenvalue weighted by atomic mass is 35.5. The summed E-state index contributed by atoms with van der Waals surface area (Å²) in [6.07, 6.45) is 2.26. The van der Waals surface area contributed by atoms with Gasteiger partial charge in [-0.2, -0.15) is 0 Å². The van der Waals surface area contributed by atoms with Gasteiger partial charge in [-0.05, 0) is 63.9 Å². The van der Waals surface area contributed by atoms with Gasteiger partial charge in [-0.1, -0.05) is 73.2 Å². The van der Waals surface area contributed by atoms with E-state index in [1.165, 1.54) is 33.9 Å². The first-order chi connectivity index (χ1) is 13.1. The van der Waals surface area contributed by atoms with Gasteiger partial charge >= 0.3 is 0 Å². The standard InChI is InChI=1S/C25H18ClF/c1-2-3-17-6-11-22-20(14-17)9-10-21-15-18(7-12-23(21)22)4-5-19-8-13-24(26)25(27)16-19/h6-16H,2-3H2,1H3. The quantitative estimate of drug-likeness (QED) is 0.259. The minimum atomic E-state index is -0.448. The molecular formula is C25H18ClF. The van der Waals surface area contributed by atoms with Crippen molar-refractivity contribution >= 4 is 33.1 Å². The average Bonchev–Trinajstić information content (AvgIpc) is 2.68. The summed E-state index contributed by atoms with van der Waals surface area (Å²) in [4.78, 5) is 0. The van der Waals surface area contributed by atoms with Crippen LogP contribution in [0, 0.1) is 17.7 Å². The Hall–Kier alpha value is -2.82. The van der Waals surface area contributed by atoms with Crippen LogP contribution in [0.2, 0.25) is 5.02 Å². The first-order valence-electron chi connectivity index (χ1n) is 9.06. The lowest BCUT2D eigenvalue weighted by Gasteiger charge is -2.07. The van der Waals surface area contributed by atoms with E-state index >= 15 is 0 Å². The molecule has 4 aromatic rings. The molecule has 2 heteroatoms. The molecular weight excluding hydrogens is 355 g/mol. The van der Waals surface area contributed by atoms with E-state index in [1.807, 2.05) is 6.07 Å². The molecule has 0 saturated carbocycles. The Morgan fingerprint density at radius 3 is 2.11 bits per heavy atom. The third-order valence-electron chi connectivity index (χ3n) is 4.71. The lowest BCUT2D eigenvalue weighted by molar-refractivity contribution is 0.628. The van der Waals surface area contributed by atoms with Crippen molar-refractivity contribution < 1.29 is 4.39 Å². The number of hydrogen-bond donors (Lipinski definition) is 0. The highest BCUT2D eigenvalue weighted by molar-refractivity contribution is 6.30. The molecule has 0 fully saturated rings. The zero-order chi connectivity index (χ0) is 18.8. The van der Waals surface area contributed by atoms with Crippen LogP contribution < -0.4 is 0 Å². The van der Waals surface area contributed by atoms with Crippen molar-refractivity contribution in [2.45, 2.75) is 19.8 Å². The first kappa shape index (κ1) is 17.6. The molecule has 27 heavy (non-hydrogen) atoms. The maximum Gasteiger partial charge on any atom is 0.143 e. The van der Waals surface area contributed by atoms with Crippen LogP contribution in [0.15, 0.2) is 66.7 Å². The summed E-state index contributed by atoms with van der Waals surface area (Å²) < 4.78 is 13.5. The van der Waals surface area contributed by atoms with Gasteiger partial charge in [0.1, 0.15) is 5.82 Å². The van der Waals surface area contributed by atoms with Crippen LogP contribution in [-0.2, 0) is 6.42 Å². The second-order valence-corrected chi connectivity index (χ2v) is 7.09. The number of rotatable bonds is 2. The van der Waals surface area contributed by atoms with E-state index < -0.39 is 5.82 Å². The summed E-state index contributed by atoms with van der Waals surface area (Å²) in [6.45, 7) is 2.20. The average molecular weight is 373 g/mol. The molecule has 4 rings (SSSR count). The Morgan fingerprint density at radius 1 is 0.778 bits per heavy atom. The summed E-state index contributed by atoms with van der Waals surface area (Å²) in [7, 11) is 0. The highest BCUT2D eigenvalue weighted by Gasteiger charge is 2.03. The molecule has 132 valence electrons. The Morgan fingerprint density at radius 2 is 1.41 bits per heavy atom. The van der Waals surface area contributed by atoms with Gasteiger partial charge in [0.15, 0.2) is 0 Å². The van der Waals surface area contributed by atoms with Crippen LogP contribution in [0.1, 0.15) is 30.0 Å². The summed E-state index contributed by atoms with van der Waals surface area (Å²) in [5, 5.41) is 5.01. The number of halogens is 2. The van der Waals surface area contributed by atoms with Gasteiger partial charge in [0.05, 0.1) is 5.02 Å². The van der Waals surface area contributed by atoms with Crippen molar-refractivity contribution in [3.8, 4) is 11.8 Å². The van der Waals surface area contributed by atoms with Gasteiger partial charge in [0.2, 0.25) is 0 Å². The molecule has 0 bridgehead atoms. The van der Waals surface area contributed by atoms with Crippen molar-refractivity contribution in [2.75, 3.05) is 0 Å². The molecule has 0 nitrogen and oxygen atoms in total. The molecule has 0 radical (unpaired) electrons. The molecule has 0 amide bonds. The van der Waals surface area contributed by atoms with Crippen molar-refractivity contribution in [3.05, 3.63) is 94.3 Å². The molecule has 0 saturated heterocycles. The molecule has 0 aliphatic rings. The molecule has 0 N–H and O–H groups in total. The number of aryl methyl sites for hydroxylation is 1. The number of hydrogen-bond acceptors (Lipinski definition) is 0. The molecule has 0 unspecified atom stereocenters. The topological polar surface area (TPSA) is 0 Å².